The van der Waals surface area contributed by atoms with Gasteiger partial charge in [-0.25, -0.2) is 4.98 Å². The summed E-state index contributed by atoms with van der Waals surface area (Å²) >= 11 is 1.07. The van der Waals surface area contributed by atoms with E-state index in [1.54, 1.807) is 20.1 Å². The normalized spacial score (nSPS) is 12.0. The molecule has 0 saturated heterocycles. The molecule has 0 saturated carbocycles. The number of carbonyl (C=O) groups is 1. The molecule has 0 aliphatic carbocycles. The molecule has 1 aromatic carbocycles. The summed E-state index contributed by atoms with van der Waals surface area (Å²) in [5, 5.41) is 12.4. The summed E-state index contributed by atoms with van der Waals surface area (Å²) in [5.41, 5.74) is 1.19. The van der Waals surface area contributed by atoms with Crippen molar-refractivity contribution >= 4 is 22.6 Å². The van der Waals surface area contributed by atoms with Crippen molar-refractivity contribution in [2.24, 2.45) is 0 Å². The first-order valence-electron chi connectivity index (χ1n) is 7.60. The average Bonchev–Trinajstić information content (AvgIpc) is 3.24. The summed E-state index contributed by atoms with van der Waals surface area (Å²) in [6.07, 6.45) is 1.21. The summed E-state index contributed by atoms with van der Waals surface area (Å²) in [5.74, 6) is 1.44. The van der Waals surface area contributed by atoms with Gasteiger partial charge in [0.05, 0.1) is 18.8 Å². The third-order valence-electron chi connectivity index (χ3n) is 3.38. The van der Waals surface area contributed by atoms with Gasteiger partial charge in [0, 0.05) is 23.5 Å². The van der Waals surface area contributed by atoms with Crippen molar-refractivity contribution in [2.45, 2.75) is 19.4 Å². The van der Waals surface area contributed by atoms with E-state index in [0.717, 1.165) is 17.1 Å². The van der Waals surface area contributed by atoms with Crippen molar-refractivity contribution in [3.05, 3.63) is 48.0 Å². The Morgan fingerprint density at radius 1 is 1.44 bits per heavy atom. The van der Waals surface area contributed by atoms with Gasteiger partial charge in [0.25, 0.3) is 5.91 Å². The Morgan fingerprint density at radius 3 is 3.04 bits per heavy atom. The number of methoxy groups -OCH3 is 1. The van der Waals surface area contributed by atoms with E-state index in [1.165, 1.54) is 6.26 Å². The van der Waals surface area contributed by atoms with Crippen LogP contribution >= 0.6 is 11.5 Å². The third-order valence-corrected chi connectivity index (χ3v) is 4.05. The van der Waals surface area contributed by atoms with Crippen LogP contribution < -0.4 is 10.1 Å². The minimum Gasteiger partial charge on any atom is -0.497 e. The van der Waals surface area contributed by atoms with E-state index in [1.807, 2.05) is 24.3 Å². The van der Waals surface area contributed by atoms with E-state index in [2.05, 4.69) is 14.7 Å². The maximum Gasteiger partial charge on any atom is 0.260 e. The van der Waals surface area contributed by atoms with E-state index in [4.69, 9.17) is 9.15 Å². The number of carbonyl (C=O) groups excluding carboxylic acids is 1. The number of nitrogens with zero attached hydrogens (tertiary/aromatic N) is 2. The fraction of sp³-hybridized carbons (Fsp3) is 0.235. The number of anilines is 1. The number of aliphatic hydroxyl groups excluding tert-OH is 1. The Kier molecular flexibility index (Phi) is 5.11. The zero-order valence-corrected chi connectivity index (χ0v) is 14.5. The molecule has 0 spiro atoms. The van der Waals surface area contributed by atoms with E-state index < -0.39 is 6.10 Å². The van der Waals surface area contributed by atoms with Crippen LogP contribution in [0.1, 0.15) is 23.1 Å². The molecule has 25 heavy (non-hydrogen) atoms. The first kappa shape index (κ1) is 17.1. The summed E-state index contributed by atoms with van der Waals surface area (Å²) in [6.45, 7) is 1.66. The van der Waals surface area contributed by atoms with E-state index in [0.29, 0.717) is 34.4 Å². The molecule has 0 bridgehead atoms. The largest absolute Gasteiger partial charge is 0.497 e. The molecular weight excluding hydrogens is 342 g/mol. The van der Waals surface area contributed by atoms with Crippen molar-refractivity contribution in [3.63, 3.8) is 0 Å². The van der Waals surface area contributed by atoms with Crippen LogP contribution in [0.25, 0.3) is 11.3 Å². The Hall–Kier alpha value is -2.71. The zero-order valence-electron chi connectivity index (χ0n) is 13.7. The standard InChI is InChI=1S/C17H17N3O4S/c1-10(21)6-15-18-17(25-20-15)19-16(22)12-8-14(24-9-12)11-4-3-5-13(7-11)23-2/h3-5,7-10,21H,6H2,1-2H3,(H,18,19,20,22). The molecule has 130 valence electrons. The molecule has 3 aromatic rings. The molecule has 2 heterocycles. The minimum absolute atomic E-state index is 0.336. The van der Waals surface area contributed by atoms with Crippen LogP contribution in [0.2, 0.25) is 0 Å². The van der Waals surface area contributed by atoms with Gasteiger partial charge < -0.3 is 14.3 Å². The van der Waals surface area contributed by atoms with Gasteiger partial charge in [0.15, 0.2) is 0 Å². The number of aliphatic hydroxyl groups is 1. The molecule has 8 heteroatoms. The van der Waals surface area contributed by atoms with Gasteiger partial charge in [0.1, 0.15) is 23.6 Å². The van der Waals surface area contributed by atoms with Crippen molar-refractivity contribution in [1.29, 1.82) is 0 Å². The Bertz CT molecular complexity index is 872. The van der Waals surface area contributed by atoms with Gasteiger partial charge in [-0.1, -0.05) is 12.1 Å². The number of ether oxygens (including phenoxy) is 1. The molecule has 0 fully saturated rings. The fourth-order valence-electron chi connectivity index (χ4n) is 2.20. The van der Waals surface area contributed by atoms with Crippen LogP contribution in [-0.2, 0) is 6.42 Å². The fourth-order valence-corrected chi connectivity index (χ4v) is 2.80. The number of aromatic nitrogens is 2. The van der Waals surface area contributed by atoms with Gasteiger partial charge in [-0.3, -0.25) is 10.1 Å². The summed E-state index contributed by atoms with van der Waals surface area (Å²) in [4.78, 5) is 16.5. The van der Waals surface area contributed by atoms with Crippen LogP contribution in [0.5, 0.6) is 5.75 Å². The quantitative estimate of drug-likeness (QED) is 0.702. The lowest BCUT2D eigenvalue weighted by molar-refractivity contribution is 0.102. The maximum atomic E-state index is 12.3. The maximum absolute atomic E-state index is 12.3. The second-order valence-corrected chi connectivity index (χ2v) is 6.21. The molecule has 2 aromatic heterocycles. The lowest BCUT2D eigenvalue weighted by atomic mass is 10.1. The monoisotopic (exact) mass is 359 g/mol. The van der Waals surface area contributed by atoms with Gasteiger partial charge >= 0.3 is 0 Å². The number of hydrogen-bond donors (Lipinski definition) is 2. The number of hydrogen-bond acceptors (Lipinski definition) is 7. The highest BCUT2D eigenvalue weighted by atomic mass is 32.1. The molecule has 3 rings (SSSR count). The van der Waals surface area contributed by atoms with Crippen molar-refractivity contribution < 1.29 is 19.1 Å². The van der Waals surface area contributed by atoms with Crippen LogP contribution in [0, 0.1) is 0 Å². The number of rotatable bonds is 6. The van der Waals surface area contributed by atoms with Gasteiger partial charge in [-0.15, -0.1) is 0 Å². The molecular formula is C17H17N3O4S. The summed E-state index contributed by atoms with van der Waals surface area (Å²) in [6, 6.07) is 9.03. The Labute approximate surface area is 148 Å². The SMILES string of the molecule is COc1cccc(-c2cc(C(=O)Nc3nc(CC(C)O)ns3)co2)c1. The Morgan fingerprint density at radius 2 is 2.28 bits per heavy atom. The molecule has 1 amide bonds. The van der Waals surface area contributed by atoms with Crippen LogP contribution in [-0.4, -0.2) is 33.6 Å². The van der Waals surface area contributed by atoms with Crippen LogP contribution in [0.4, 0.5) is 5.13 Å². The van der Waals surface area contributed by atoms with Crippen LogP contribution in [0.3, 0.4) is 0 Å². The molecule has 1 atom stereocenters. The molecule has 7 nitrogen and oxygen atoms in total. The molecule has 0 aliphatic heterocycles. The number of furan rings is 1. The van der Waals surface area contributed by atoms with Gasteiger partial charge in [-0.05, 0) is 25.1 Å². The van der Waals surface area contributed by atoms with E-state index >= 15 is 0 Å². The highest BCUT2D eigenvalue weighted by molar-refractivity contribution is 7.09. The molecule has 0 radical (unpaired) electrons. The van der Waals surface area contributed by atoms with Crippen molar-refractivity contribution in [1.82, 2.24) is 9.36 Å². The number of benzene rings is 1. The van der Waals surface area contributed by atoms with Crippen molar-refractivity contribution in [3.8, 4) is 17.1 Å². The molecule has 1 unspecified atom stereocenters. The van der Waals surface area contributed by atoms with Crippen LogP contribution in [0.15, 0.2) is 41.0 Å². The topological polar surface area (TPSA) is 97.5 Å². The zero-order chi connectivity index (χ0) is 17.8. The Balaban J connectivity index is 1.71. The smallest absolute Gasteiger partial charge is 0.260 e. The number of amides is 1. The highest BCUT2D eigenvalue weighted by Gasteiger charge is 2.15. The third kappa shape index (κ3) is 4.23. The number of nitrogens with one attached hydrogen (secondary N) is 1. The summed E-state index contributed by atoms with van der Waals surface area (Å²) < 4.78 is 14.8. The first-order chi connectivity index (χ1) is 12.0. The second-order valence-electron chi connectivity index (χ2n) is 5.45. The van der Waals surface area contributed by atoms with E-state index in [-0.39, 0.29) is 5.91 Å². The lowest BCUT2D eigenvalue weighted by Gasteiger charge is -2.01. The highest BCUT2D eigenvalue weighted by Crippen LogP contribution is 2.26. The predicted octanol–water partition coefficient (Wildman–Crippen LogP) is 2.98. The lowest BCUT2D eigenvalue weighted by Crippen LogP contribution is -2.11. The summed E-state index contributed by atoms with van der Waals surface area (Å²) in [7, 11) is 1.59. The average molecular weight is 359 g/mol. The second kappa shape index (κ2) is 7.45. The van der Waals surface area contributed by atoms with Crippen molar-refractivity contribution in [2.75, 3.05) is 12.4 Å². The van der Waals surface area contributed by atoms with Gasteiger partial charge in [0.2, 0.25) is 5.13 Å². The molecule has 2 N–H and O–H groups in total. The molecule has 0 aliphatic rings. The predicted molar refractivity (Wildman–Crippen MR) is 93.9 cm³/mol. The van der Waals surface area contributed by atoms with Gasteiger partial charge in [-0.2, -0.15) is 4.37 Å². The minimum atomic E-state index is -0.530. The first-order valence-corrected chi connectivity index (χ1v) is 8.37. The van der Waals surface area contributed by atoms with E-state index in [9.17, 15) is 9.90 Å².